The van der Waals surface area contributed by atoms with Gasteiger partial charge in [0.25, 0.3) is 0 Å². The molecule has 0 aliphatic heterocycles. The van der Waals surface area contributed by atoms with Crippen molar-refractivity contribution < 1.29 is 21.6 Å². The van der Waals surface area contributed by atoms with Crippen molar-refractivity contribution in [1.82, 2.24) is 4.98 Å². The normalized spacial score (nSPS) is 12.5. The summed E-state index contributed by atoms with van der Waals surface area (Å²) >= 11 is 11.5. The molecule has 0 bridgehead atoms. The van der Waals surface area contributed by atoms with Crippen LogP contribution >= 0.6 is 23.2 Å². The summed E-state index contributed by atoms with van der Waals surface area (Å²) in [5, 5.41) is -1.88. The summed E-state index contributed by atoms with van der Waals surface area (Å²) in [4.78, 5) is 3.50. The molecule has 1 aromatic rings. The molecule has 1 aromatic heterocycles. The molecule has 0 N–H and O–H groups in total. The summed E-state index contributed by atoms with van der Waals surface area (Å²) in [5.41, 5.74) is 0. The third-order valence-electron chi connectivity index (χ3n) is 1.88. The Labute approximate surface area is 115 Å². The van der Waals surface area contributed by atoms with Gasteiger partial charge >= 0.3 is 0 Å². The molecule has 1 heterocycles. The van der Waals surface area contributed by atoms with E-state index < -0.39 is 29.7 Å². The molecule has 0 radical (unpaired) electrons. The second kappa shape index (κ2) is 4.84. The molecule has 0 aliphatic rings. The number of rotatable bonds is 3. The monoisotopic (exact) mass is 333 g/mol. The van der Waals surface area contributed by atoms with Crippen molar-refractivity contribution in [2.75, 3.05) is 19.6 Å². The van der Waals surface area contributed by atoms with Gasteiger partial charge in [-0.15, -0.1) is 0 Å². The molecular weight excluding hydrogens is 325 g/mol. The van der Waals surface area contributed by atoms with Crippen LogP contribution in [0.1, 0.15) is 0 Å². The van der Waals surface area contributed by atoms with E-state index in [4.69, 9.17) is 27.9 Å². The SMILES string of the molecule is COc1c(Cl)c(S(C)(=O)=O)nc(S(C)(=O)=O)c1Cl. The van der Waals surface area contributed by atoms with Crippen LogP contribution in [0.25, 0.3) is 0 Å². The number of nitrogens with zero attached hydrogens (tertiary/aromatic N) is 1. The van der Waals surface area contributed by atoms with Gasteiger partial charge in [0.05, 0.1) is 7.11 Å². The van der Waals surface area contributed by atoms with Crippen LogP contribution in [0, 0.1) is 0 Å². The Kier molecular flexibility index (Phi) is 4.16. The number of halogens is 2. The molecule has 0 amide bonds. The van der Waals surface area contributed by atoms with Gasteiger partial charge in [0, 0.05) is 12.5 Å². The van der Waals surface area contributed by atoms with Gasteiger partial charge in [-0.2, -0.15) is 0 Å². The molecule has 0 atom stereocenters. The van der Waals surface area contributed by atoms with Gasteiger partial charge in [-0.25, -0.2) is 21.8 Å². The van der Waals surface area contributed by atoms with Crippen LogP contribution in [0.15, 0.2) is 10.1 Å². The highest BCUT2D eigenvalue weighted by Gasteiger charge is 2.27. The molecule has 1 rings (SSSR count). The minimum atomic E-state index is -3.81. The first-order chi connectivity index (χ1) is 8.00. The zero-order valence-corrected chi connectivity index (χ0v) is 12.7. The third-order valence-corrected chi connectivity index (χ3v) is 4.80. The van der Waals surface area contributed by atoms with Gasteiger partial charge in [-0.1, -0.05) is 23.2 Å². The van der Waals surface area contributed by atoms with Crippen LogP contribution in [0.3, 0.4) is 0 Å². The number of ether oxygens (including phenoxy) is 1. The fourth-order valence-corrected chi connectivity index (χ4v) is 3.88. The highest BCUT2D eigenvalue weighted by Crippen LogP contribution is 2.39. The largest absolute Gasteiger partial charge is 0.493 e. The van der Waals surface area contributed by atoms with E-state index in [2.05, 4.69) is 4.98 Å². The lowest BCUT2D eigenvalue weighted by Gasteiger charge is -2.11. The first kappa shape index (κ1) is 15.5. The Bertz CT molecular complexity index is 640. The lowest BCUT2D eigenvalue weighted by molar-refractivity contribution is 0.410. The van der Waals surface area contributed by atoms with Gasteiger partial charge in [0.15, 0.2) is 35.5 Å². The lowest BCUT2D eigenvalue weighted by atomic mass is 10.4. The van der Waals surface area contributed by atoms with Crippen molar-refractivity contribution in [3.63, 3.8) is 0 Å². The molecule has 18 heavy (non-hydrogen) atoms. The van der Waals surface area contributed by atoms with Gasteiger partial charge in [-0.05, 0) is 0 Å². The number of pyridine rings is 1. The van der Waals surface area contributed by atoms with Crippen LogP contribution in [0.4, 0.5) is 0 Å². The molecule has 0 spiro atoms. The number of methoxy groups -OCH3 is 1. The quantitative estimate of drug-likeness (QED) is 0.825. The molecule has 10 heteroatoms. The molecule has 0 saturated heterocycles. The van der Waals surface area contributed by atoms with Crippen molar-refractivity contribution >= 4 is 42.9 Å². The number of aromatic nitrogens is 1. The first-order valence-electron chi connectivity index (χ1n) is 4.33. The molecule has 0 aliphatic carbocycles. The summed E-state index contributed by atoms with van der Waals surface area (Å²) in [5.74, 6) is -0.241. The van der Waals surface area contributed by atoms with Gasteiger partial charge in [-0.3, -0.25) is 0 Å². The van der Waals surface area contributed by atoms with Gasteiger partial charge in [0.1, 0.15) is 10.0 Å². The Morgan fingerprint density at radius 3 is 1.50 bits per heavy atom. The van der Waals surface area contributed by atoms with E-state index in [1.165, 1.54) is 7.11 Å². The van der Waals surface area contributed by atoms with Crippen LogP contribution in [0.5, 0.6) is 5.75 Å². The minimum Gasteiger partial charge on any atom is -0.493 e. The topological polar surface area (TPSA) is 90.4 Å². The van der Waals surface area contributed by atoms with E-state index in [-0.39, 0.29) is 15.8 Å². The second-order valence-electron chi connectivity index (χ2n) is 3.43. The fraction of sp³-hybridized carbons (Fsp3) is 0.375. The van der Waals surface area contributed by atoms with Gasteiger partial charge < -0.3 is 4.74 Å². The number of hydrogen-bond donors (Lipinski definition) is 0. The Hall–Kier alpha value is -0.570. The minimum absolute atomic E-state index is 0.241. The van der Waals surface area contributed by atoms with E-state index in [0.29, 0.717) is 0 Å². The van der Waals surface area contributed by atoms with E-state index in [1.807, 2.05) is 0 Å². The molecule has 0 fully saturated rings. The molecule has 0 saturated carbocycles. The average molecular weight is 334 g/mol. The van der Waals surface area contributed by atoms with E-state index in [1.54, 1.807) is 0 Å². The van der Waals surface area contributed by atoms with Crippen molar-refractivity contribution in [2.24, 2.45) is 0 Å². The standard InChI is InChI=1S/C8H9Cl2NO5S2/c1-16-6-4(9)7(17(2,12)13)11-8(5(6)10)18(3,14)15/h1-3H3. The summed E-state index contributed by atoms with van der Waals surface area (Å²) < 4.78 is 50.7. The van der Waals surface area contributed by atoms with E-state index in [0.717, 1.165) is 12.5 Å². The second-order valence-corrected chi connectivity index (χ2v) is 8.05. The molecule has 102 valence electrons. The maximum absolute atomic E-state index is 11.5. The summed E-state index contributed by atoms with van der Waals surface area (Å²) in [7, 11) is -6.44. The zero-order valence-electron chi connectivity index (χ0n) is 9.56. The summed E-state index contributed by atoms with van der Waals surface area (Å²) in [6.07, 6.45) is 1.70. The maximum Gasteiger partial charge on any atom is 0.194 e. The predicted molar refractivity (Wildman–Crippen MR) is 67.0 cm³/mol. The first-order valence-corrected chi connectivity index (χ1v) is 8.87. The van der Waals surface area contributed by atoms with Gasteiger partial charge in [0.2, 0.25) is 0 Å². The fourth-order valence-electron chi connectivity index (χ4n) is 1.15. The zero-order chi connectivity index (χ0) is 14.3. The summed E-state index contributed by atoms with van der Waals surface area (Å²) in [6, 6.07) is 0. The Morgan fingerprint density at radius 1 is 0.944 bits per heavy atom. The van der Waals surface area contributed by atoms with Crippen molar-refractivity contribution in [3.8, 4) is 5.75 Å². The lowest BCUT2D eigenvalue weighted by Crippen LogP contribution is -2.10. The smallest absolute Gasteiger partial charge is 0.194 e. The molecular formula is C8H9Cl2NO5S2. The molecule has 0 unspecified atom stereocenters. The Balaban J connectivity index is 3.91. The van der Waals surface area contributed by atoms with Crippen molar-refractivity contribution in [1.29, 1.82) is 0 Å². The highest BCUT2D eigenvalue weighted by atomic mass is 35.5. The van der Waals surface area contributed by atoms with Crippen LogP contribution in [-0.4, -0.2) is 41.4 Å². The van der Waals surface area contributed by atoms with E-state index >= 15 is 0 Å². The average Bonchev–Trinajstić information content (AvgIpc) is 2.14. The van der Waals surface area contributed by atoms with Crippen LogP contribution in [-0.2, 0) is 19.7 Å². The van der Waals surface area contributed by atoms with Crippen molar-refractivity contribution in [3.05, 3.63) is 10.0 Å². The highest BCUT2D eigenvalue weighted by molar-refractivity contribution is 7.91. The molecule has 0 aromatic carbocycles. The summed E-state index contributed by atoms with van der Waals surface area (Å²) in [6.45, 7) is 0. The number of sulfone groups is 2. The number of hydrogen-bond acceptors (Lipinski definition) is 6. The van der Waals surface area contributed by atoms with Crippen LogP contribution < -0.4 is 4.74 Å². The third kappa shape index (κ3) is 2.87. The predicted octanol–water partition coefficient (Wildman–Crippen LogP) is 1.20. The maximum atomic E-state index is 11.5. The Morgan fingerprint density at radius 2 is 1.28 bits per heavy atom. The molecule has 6 nitrogen and oxygen atoms in total. The van der Waals surface area contributed by atoms with Crippen LogP contribution in [0.2, 0.25) is 10.0 Å². The van der Waals surface area contributed by atoms with Crippen molar-refractivity contribution in [2.45, 2.75) is 10.1 Å². The van der Waals surface area contributed by atoms with E-state index in [9.17, 15) is 16.8 Å².